The molecule has 0 radical (unpaired) electrons. The Morgan fingerprint density at radius 2 is 1.20 bits per heavy atom. The molecule has 2 fully saturated rings. The predicted molar refractivity (Wildman–Crippen MR) is 233 cm³/mol. The molecule has 0 N–H and O–H groups in total. The Balaban J connectivity index is 1.00. The lowest BCUT2D eigenvalue weighted by molar-refractivity contribution is 0.0400. The van der Waals surface area contributed by atoms with Crippen LogP contribution in [0.1, 0.15) is 50.7 Å². The number of rotatable bonds is 3. The summed E-state index contributed by atoms with van der Waals surface area (Å²) in [6.45, 7) is 5.05. The zero-order valence-corrected chi connectivity index (χ0v) is 32.0. The van der Waals surface area contributed by atoms with Crippen molar-refractivity contribution in [3.63, 3.8) is 0 Å². The van der Waals surface area contributed by atoms with Gasteiger partial charge in [-0.2, -0.15) is 0 Å². The minimum Gasteiger partial charge on any atom is -0.455 e. The summed E-state index contributed by atoms with van der Waals surface area (Å²) in [4.78, 5) is 2.54. The van der Waals surface area contributed by atoms with Crippen molar-refractivity contribution in [2.24, 2.45) is 23.7 Å². The zero-order valence-electron chi connectivity index (χ0n) is 32.0. The topological polar surface area (TPSA) is 21.3 Å². The molecule has 0 amide bonds. The van der Waals surface area contributed by atoms with Gasteiger partial charge < -0.3 is 13.9 Å². The van der Waals surface area contributed by atoms with E-state index in [1.807, 2.05) is 0 Å². The lowest BCUT2D eigenvalue weighted by atomic mass is 9.47. The van der Waals surface area contributed by atoms with Gasteiger partial charge in [-0.1, -0.05) is 117 Å². The van der Waals surface area contributed by atoms with E-state index in [0.29, 0.717) is 11.8 Å². The van der Waals surface area contributed by atoms with E-state index >= 15 is 0 Å². The quantitative estimate of drug-likeness (QED) is 0.181. The summed E-state index contributed by atoms with van der Waals surface area (Å²) in [6.07, 6.45) is 5.34. The summed E-state index contributed by atoms with van der Waals surface area (Å²) in [7, 11) is 0. The highest BCUT2D eigenvalue weighted by molar-refractivity contribution is 6.12. The summed E-state index contributed by atoms with van der Waals surface area (Å²) in [5, 5.41) is 4.79. The van der Waals surface area contributed by atoms with Gasteiger partial charge in [-0.25, -0.2) is 0 Å². The molecular weight excluding hydrogens is 681 g/mol. The number of hydrogen-bond donors (Lipinski definition) is 0. The van der Waals surface area contributed by atoms with Crippen molar-refractivity contribution in [3.8, 4) is 16.8 Å². The van der Waals surface area contributed by atoms with Crippen LogP contribution in [0.3, 0.4) is 0 Å². The maximum Gasteiger partial charge on any atom is 0.143 e. The first-order valence-electron chi connectivity index (χ1n) is 20.6. The smallest absolute Gasteiger partial charge is 0.143 e. The molecule has 2 unspecified atom stereocenters. The van der Waals surface area contributed by atoms with Gasteiger partial charge in [0, 0.05) is 43.9 Å². The van der Waals surface area contributed by atoms with Crippen LogP contribution in [0.2, 0.25) is 0 Å². The summed E-state index contributed by atoms with van der Waals surface area (Å²) < 4.78 is 9.18. The van der Waals surface area contributed by atoms with Crippen molar-refractivity contribution >= 4 is 60.8 Å². The first kappa shape index (κ1) is 32.2. The average molecular weight is 725 g/mol. The van der Waals surface area contributed by atoms with Crippen LogP contribution in [0.5, 0.6) is 0 Å². The SMILES string of the molecule is C[C@H]1CC2CC(C1)C1(c3ccccc3N(c3cccc(-c4cccc5c4oc4ccc(-n6c7ccccc7c7ccccc76)cc45)c3)c3ccccc31)[C@H](C)C2. The summed E-state index contributed by atoms with van der Waals surface area (Å²) in [5.74, 6) is 2.85. The number of fused-ring (bicyclic) bond motifs is 13. The number of anilines is 3. The molecule has 7 aromatic carbocycles. The molecule has 3 nitrogen and oxygen atoms in total. The van der Waals surface area contributed by atoms with Crippen molar-refractivity contribution in [3.05, 3.63) is 169 Å². The maximum atomic E-state index is 6.79. The molecule has 56 heavy (non-hydrogen) atoms. The van der Waals surface area contributed by atoms with Gasteiger partial charge in [-0.15, -0.1) is 0 Å². The molecule has 272 valence electrons. The van der Waals surface area contributed by atoms with Crippen molar-refractivity contribution in [2.45, 2.75) is 44.9 Å². The number of nitrogens with zero attached hydrogens (tertiary/aromatic N) is 2. The molecular formula is C53H44N2O. The third-order valence-corrected chi connectivity index (χ3v) is 14.1. The van der Waals surface area contributed by atoms with Gasteiger partial charge in [0.05, 0.1) is 22.4 Å². The van der Waals surface area contributed by atoms with Crippen molar-refractivity contribution < 1.29 is 4.42 Å². The minimum atomic E-state index is 0.0183. The third-order valence-electron chi connectivity index (χ3n) is 14.1. The Kier molecular flexibility index (Phi) is 6.88. The van der Waals surface area contributed by atoms with Gasteiger partial charge in [0.25, 0.3) is 0 Å². The van der Waals surface area contributed by atoms with Crippen LogP contribution in [0, 0.1) is 23.7 Å². The fourth-order valence-corrected chi connectivity index (χ4v) is 12.1. The summed E-state index contributed by atoms with van der Waals surface area (Å²) >= 11 is 0. The molecule has 3 heteroatoms. The van der Waals surface area contributed by atoms with Gasteiger partial charge >= 0.3 is 0 Å². The predicted octanol–water partition coefficient (Wildman–Crippen LogP) is 14.5. The Labute approximate surface area is 327 Å². The monoisotopic (exact) mass is 724 g/mol. The van der Waals surface area contributed by atoms with Gasteiger partial charge in [0.1, 0.15) is 11.2 Å². The highest BCUT2D eigenvalue weighted by atomic mass is 16.3. The average Bonchev–Trinajstić information content (AvgIpc) is 3.78. The first-order valence-corrected chi connectivity index (χ1v) is 20.6. The lowest BCUT2D eigenvalue weighted by Gasteiger charge is -2.58. The fourth-order valence-electron chi connectivity index (χ4n) is 12.1. The van der Waals surface area contributed by atoms with Crippen LogP contribution in [0.25, 0.3) is 60.6 Å². The highest BCUT2D eigenvalue weighted by Gasteiger charge is 2.56. The van der Waals surface area contributed by atoms with Crippen LogP contribution in [-0.4, -0.2) is 4.57 Å². The fraction of sp³-hybridized carbons (Fsp3) is 0.208. The molecule has 3 aliphatic rings. The molecule has 2 bridgehead atoms. The number of aromatic nitrogens is 1. The second-order valence-electron chi connectivity index (χ2n) is 17.1. The van der Waals surface area contributed by atoms with Crippen molar-refractivity contribution in [1.29, 1.82) is 0 Å². The second kappa shape index (κ2) is 12.0. The molecule has 2 saturated carbocycles. The Morgan fingerprint density at radius 1 is 0.536 bits per heavy atom. The molecule has 2 aromatic heterocycles. The molecule has 1 spiro atoms. The van der Waals surface area contributed by atoms with Crippen molar-refractivity contribution in [1.82, 2.24) is 4.57 Å². The molecule has 2 aliphatic carbocycles. The molecule has 1 aliphatic heterocycles. The maximum absolute atomic E-state index is 6.79. The molecule has 0 saturated heterocycles. The van der Waals surface area contributed by atoms with E-state index in [-0.39, 0.29) is 5.41 Å². The van der Waals surface area contributed by atoms with Gasteiger partial charge in [0.15, 0.2) is 0 Å². The van der Waals surface area contributed by atoms with E-state index in [1.165, 1.54) is 75.7 Å². The van der Waals surface area contributed by atoms with E-state index < -0.39 is 0 Å². The van der Waals surface area contributed by atoms with Gasteiger partial charge in [0.2, 0.25) is 0 Å². The van der Waals surface area contributed by atoms with Crippen molar-refractivity contribution in [2.75, 3.05) is 4.90 Å². The summed E-state index contributed by atoms with van der Waals surface area (Å²) in [6, 6.07) is 58.5. The van der Waals surface area contributed by atoms with Crippen LogP contribution >= 0.6 is 0 Å². The van der Waals surface area contributed by atoms with Crippen LogP contribution < -0.4 is 4.90 Å². The van der Waals surface area contributed by atoms with E-state index in [2.05, 4.69) is 181 Å². The minimum absolute atomic E-state index is 0.0183. The van der Waals surface area contributed by atoms with Crippen LogP contribution in [0.15, 0.2) is 162 Å². The van der Waals surface area contributed by atoms with E-state index in [1.54, 1.807) is 0 Å². The Morgan fingerprint density at radius 3 is 1.95 bits per heavy atom. The highest BCUT2D eigenvalue weighted by Crippen LogP contribution is 2.65. The zero-order chi connectivity index (χ0) is 37.1. The summed E-state index contributed by atoms with van der Waals surface area (Å²) in [5.41, 5.74) is 14.5. The third kappa shape index (κ3) is 4.40. The second-order valence-corrected chi connectivity index (χ2v) is 17.1. The molecule has 12 rings (SSSR count). The lowest BCUT2D eigenvalue weighted by Crippen LogP contribution is -2.52. The van der Waals surface area contributed by atoms with Crippen LogP contribution in [-0.2, 0) is 5.41 Å². The van der Waals surface area contributed by atoms with Gasteiger partial charge in [-0.05, 0) is 121 Å². The number of para-hydroxylation sites is 5. The van der Waals surface area contributed by atoms with E-state index in [4.69, 9.17) is 4.42 Å². The van der Waals surface area contributed by atoms with Gasteiger partial charge in [-0.3, -0.25) is 0 Å². The molecule has 9 aromatic rings. The molecule has 3 heterocycles. The standard InChI is InChI=1S/C53H44N2O/c1-33-27-35-29-34(2)53(37(28-33)30-35)45-19-5-9-23-49(45)55(50-24-10-6-20-46(50)53)38-14-11-13-36(31-38)40-17-12-18-43-44-32-39(25-26-51(44)56-52(40)43)54-47-21-7-3-15-41(47)42-16-4-8-22-48(42)54/h3-26,31-35,37H,27-30H2,1-2H3/t33-,34+,35?,37?/m0/s1. The number of hydrogen-bond acceptors (Lipinski definition) is 2. The first-order chi connectivity index (χ1) is 27.6. The van der Waals surface area contributed by atoms with E-state index in [0.717, 1.165) is 50.6 Å². The number of furan rings is 1. The van der Waals surface area contributed by atoms with Crippen LogP contribution in [0.4, 0.5) is 17.1 Å². The Bertz CT molecular complexity index is 2910. The molecule has 4 atom stereocenters. The number of benzene rings is 7. The van der Waals surface area contributed by atoms with E-state index in [9.17, 15) is 0 Å². The normalized spacial score (nSPS) is 21.2. The largest absolute Gasteiger partial charge is 0.455 e. The Hall–Kier alpha value is -6.06.